The van der Waals surface area contributed by atoms with Gasteiger partial charge in [0.15, 0.2) is 0 Å². The van der Waals surface area contributed by atoms with E-state index in [1.54, 1.807) is 35.5 Å². The van der Waals surface area contributed by atoms with Crippen molar-refractivity contribution in [3.05, 3.63) is 52.5 Å². The van der Waals surface area contributed by atoms with Gasteiger partial charge in [0, 0.05) is 35.0 Å². The summed E-state index contributed by atoms with van der Waals surface area (Å²) in [6.45, 7) is 0. The second kappa shape index (κ2) is 7.59. The van der Waals surface area contributed by atoms with E-state index in [2.05, 4.69) is 20.6 Å². The number of amides is 2. The first-order valence-corrected chi connectivity index (χ1v) is 10.3. The third-order valence-corrected chi connectivity index (χ3v) is 6.51. The second-order valence-electron chi connectivity index (χ2n) is 6.21. The van der Waals surface area contributed by atoms with Crippen LogP contribution < -0.4 is 10.6 Å². The number of pyridine rings is 1. The van der Waals surface area contributed by atoms with E-state index in [1.807, 2.05) is 29.6 Å². The van der Waals surface area contributed by atoms with E-state index < -0.39 is 6.04 Å². The van der Waals surface area contributed by atoms with Gasteiger partial charge in [0.25, 0.3) is 0 Å². The van der Waals surface area contributed by atoms with E-state index >= 15 is 0 Å². The minimum atomic E-state index is -0.398. The number of piperidine rings is 1. The Morgan fingerprint density at radius 2 is 2.12 bits per heavy atom. The van der Waals surface area contributed by atoms with E-state index in [4.69, 9.17) is 0 Å². The fourth-order valence-corrected chi connectivity index (χ4v) is 5.02. The van der Waals surface area contributed by atoms with Gasteiger partial charge >= 0.3 is 0 Å². The molecule has 4 rings (SSSR count). The highest BCUT2D eigenvalue weighted by atomic mass is 32.2. The molecule has 0 spiro atoms. The summed E-state index contributed by atoms with van der Waals surface area (Å²) in [5.41, 5.74) is 0.988. The molecule has 0 aliphatic carbocycles. The molecule has 2 N–H and O–H groups in total. The molecular weight excluding hydrogens is 368 g/mol. The van der Waals surface area contributed by atoms with Crippen LogP contribution in [0.2, 0.25) is 0 Å². The normalized spacial score (nSPS) is 25.5. The number of aromatic nitrogens is 1. The Labute approximate surface area is 159 Å². The van der Waals surface area contributed by atoms with Crippen molar-refractivity contribution in [2.24, 2.45) is 4.99 Å². The Morgan fingerprint density at radius 3 is 2.88 bits per heavy atom. The summed E-state index contributed by atoms with van der Waals surface area (Å²) >= 11 is 3.18. The molecule has 1 saturated heterocycles. The standard InChI is InChI=1S/C18H18N4O2S2/c23-15-4-3-12(16(22-15)14-2-1-9-25-14)20-17(24)13-10-26-18(21-13)11-5-7-19-8-6-11/h1-2,5-9,12-13,16H,3-4,10H2,(H,20,24)(H,22,23)/t12-,13?,16-/m1/s1. The predicted molar refractivity (Wildman–Crippen MR) is 103 cm³/mol. The van der Waals surface area contributed by atoms with Crippen molar-refractivity contribution in [3.63, 3.8) is 0 Å². The topological polar surface area (TPSA) is 83.5 Å². The van der Waals surface area contributed by atoms with Crippen molar-refractivity contribution in [2.45, 2.75) is 31.0 Å². The molecule has 1 unspecified atom stereocenters. The lowest BCUT2D eigenvalue weighted by Crippen LogP contribution is -2.51. The van der Waals surface area contributed by atoms with Crippen LogP contribution in [0.5, 0.6) is 0 Å². The van der Waals surface area contributed by atoms with Crippen molar-refractivity contribution in [3.8, 4) is 0 Å². The maximum atomic E-state index is 12.7. The molecule has 2 aromatic heterocycles. The smallest absolute Gasteiger partial charge is 0.246 e. The Hall–Kier alpha value is -2.19. The number of thiophene rings is 1. The third-order valence-electron chi connectivity index (χ3n) is 4.46. The first-order chi connectivity index (χ1) is 12.7. The lowest BCUT2D eigenvalue weighted by molar-refractivity contribution is -0.127. The van der Waals surface area contributed by atoms with Gasteiger partial charge in [-0.2, -0.15) is 0 Å². The molecule has 2 aromatic rings. The molecule has 2 aliphatic heterocycles. The van der Waals surface area contributed by atoms with Crippen molar-refractivity contribution >= 4 is 40.0 Å². The van der Waals surface area contributed by atoms with Crippen LogP contribution in [-0.2, 0) is 9.59 Å². The predicted octanol–water partition coefficient (Wildman–Crippen LogP) is 2.14. The summed E-state index contributed by atoms with van der Waals surface area (Å²) < 4.78 is 0. The number of carbonyl (C=O) groups excluding carboxylic acids is 2. The van der Waals surface area contributed by atoms with Crippen LogP contribution in [0.4, 0.5) is 0 Å². The largest absolute Gasteiger partial charge is 0.349 e. The van der Waals surface area contributed by atoms with Gasteiger partial charge in [-0.3, -0.25) is 19.6 Å². The molecule has 134 valence electrons. The Bertz CT molecular complexity index is 823. The highest BCUT2D eigenvalue weighted by Gasteiger charge is 2.34. The summed E-state index contributed by atoms with van der Waals surface area (Å²) in [5.74, 6) is 0.583. The molecule has 26 heavy (non-hydrogen) atoms. The molecule has 0 aromatic carbocycles. The van der Waals surface area contributed by atoms with Crippen LogP contribution in [0, 0.1) is 0 Å². The van der Waals surface area contributed by atoms with Crippen molar-refractivity contribution in [1.29, 1.82) is 0 Å². The number of rotatable bonds is 4. The fraction of sp³-hybridized carbons (Fsp3) is 0.333. The van der Waals surface area contributed by atoms with Gasteiger partial charge in [0.2, 0.25) is 11.8 Å². The first-order valence-electron chi connectivity index (χ1n) is 8.45. The molecule has 0 saturated carbocycles. The van der Waals surface area contributed by atoms with Gasteiger partial charge in [0.1, 0.15) is 6.04 Å². The molecule has 3 atom stereocenters. The molecule has 2 aliphatic rings. The van der Waals surface area contributed by atoms with Gasteiger partial charge in [-0.15, -0.1) is 23.1 Å². The van der Waals surface area contributed by atoms with Crippen LogP contribution >= 0.6 is 23.1 Å². The summed E-state index contributed by atoms with van der Waals surface area (Å²) in [6, 6.07) is 7.07. The number of aliphatic imine (C=N–C) groups is 1. The quantitative estimate of drug-likeness (QED) is 0.843. The Balaban J connectivity index is 1.45. The van der Waals surface area contributed by atoms with Crippen LogP contribution in [0.1, 0.15) is 29.3 Å². The van der Waals surface area contributed by atoms with E-state index in [-0.39, 0.29) is 23.9 Å². The lowest BCUT2D eigenvalue weighted by Gasteiger charge is -2.32. The number of nitrogens with zero attached hydrogens (tertiary/aromatic N) is 2. The molecule has 8 heteroatoms. The van der Waals surface area contributed by atoms with E-state index in [0.717, 1.165) is 15.5 Å². The zero-order chi connectivity index (χ0) is 17.9. The van der Waals surface area contributed by atoms with Crippen LogP contribution in [-0.4, -0.2) is 39.7 Å². The summed E-state index contributed by atoms with van der Waals surface area (Å²) in [7, 11) is 0. The summed E-state index contributed by atoms with van der Waals surface area (Å²) in [5, 5.41) is 8.97. The molecule has 4 heterocycles. The zero-order valence-electron chi connectivity index (χ0n) is 13.9. The van der Waals surface area contributed by atoms with Gasteiger partial charge in [-0.25, -0.2) is 0 Å². The SMILES string of the molecule is O=C1CC[C@@H](NC(=O)C2CSC(c3ccncc3)=N2)[C@H](c2cccs2)N1. The molecule has 6 nitrogen and oxygen atoms in total. The second-order valence-corrected chi connectivity index (χ2v) is 8.20. The Morgan fingerprint density at radius 1 is 1.27 bits per heavy atom. The maximum Gasteiger partial charge on any atom is 0.246 e. The van der Waals surface area contributed by atoms with Gasteiger partial charge in [0.05, 0.1) is 17.1 Å². The van der Waals surface area contributed by atoms with Crippen molar-refractivity contribution < 1.29 is 9.59 Å². The lowest BCUT2D eigenvalue weighted by atomic mass is 9.96. The monoisotopic (exact) mass is 386 g/mol. The van der Waals surface area contributed by atoms with Crippen LogP contribution in [0.3, 0.4) is 0 Å². The molecule has 2 amide bonds. The zero-order valence-corrected chi connectivity index (χ0v) is 15.6. The minimum absolute atomic E-state index is 0.0308. The Kier molecular flexibility index (Phi) is 5.03. The van der Waals surface area contributed by atoms with Gasteiger partial charge in [-0.05, 0) is 30.0 Å². The van der Waals surface area contributed by atoms with Crippen LogP contribution in [0.15, 0.2) is 47.0 Å². The van der Waals surface area contributed by atoms with Gasteiger partial charge < -0.3 is 10.6 Å². The number of thioether (sulfide) groups is 1. The van der Waals surface area contributed by atoms with E-state index in [1.165, 1.54) is 0 Å². The van der Waals surface area contributed by atoms with E-state index in [9.17, 15) is 9.59 Å². The van der Waals surface area contributed by atoms with E-state index in [0.29, 0.717) is 18.6 Å². The molecule has 0 bridgehead atoms. The average molecular weight is 387 g/mol. The number of nitrogens with one attached hydrogen (secondary N) is 2. The van der Waals surface area contributed by atoms with Crippen molar-refractivity contribution in [1.82, 2.24) is 15.6 Å². The summed E-state index contributed by atoms with van der Waals surface area (Å²) in [6.07, 6.45) is 4.52. The minimum Gasteiger partial charge on any atom is -0.349 e. The highest BCUT2D eigenvalue weighted by Crippen LogP contribution is 2.28. The number of hydrogen-bond donors (Lipinski definition) is 2. The molecule has 0 radical (unpaired) electrons. The van der Waals surface area contributed by atoms with Crippen molar-refractivity contribution in [2.75, 3.05) is 5.75 Å². The average Bonchev–Trinajstić information content (AvgIpc) is 3.36. The highest BCUT2D eigenvalue weighted by molar-refractivity contribution is 8.14. The number of carbonyl (C=O) groups is 2. The maximum absolute atomic E-state index is 12.7. The van der Waals surface area contributed by atoms with Gasteiger partial charge in [-0.1, -0.05) is 6.07 Å². The summed E-state index contributed by atoms with van der Waals surface area (Å²) in [4.78, 5) is 34.2. The fourth-order valence-electron chi connectivity index (χ4n) is 3.13. The first kappa shape index (κ1) is 17.2. The van der Waals surface area contributed by atoms with Crippen LogP contribution in [0.25, 0.3) is 0 Å². The molecular formula is C18H18N4O2S2. The third kappa shape index (κ3) is 3.66. The molecule has 1 fully saturated rings. The number of hydrogen-bond acceptors (Lipinski definition) is 6.